The van der Waals surface area contributed by atoms with Gasteiger partial charge < -0.3 is 9.80 Å². The van der Waals surface area contributed by atoms with E-state index in [1.807, 2.05) is 23.4 Å². The van der Waals surface area contributed by atoms with Gasteiger partial charge in [0.15, 0.2) is 10.9 Å². The maximum Gasteiger partial charge on any atom is 0.276 e. The minimum atomic E-state index is -3.75. The van der Waals surface area contributed by atoms with Gasteiger partial charge in [-0.15, -0.1) is 5.10 Å². The van der Waals surface area contributed by atoms with Crippen LogP contribution in [-0.2, 0) is 16.6 Å². The fourth-order valence-electron chi connectivity index (χ4n) is 5.83. The van der Waals surface area contributed by atoms with Gasteiger partial charge in [0.05, 0.1) is 5.69 Å². The second kappa shape index (κ2) is 10.0. The van der Waals surface area contributed by atoms with E-state index in [2.05, 4.69) is 11.0 Å². The van der Waals surface area contributed by atoms with Crippen LogP contribution in [-0.4, -0.2) is 64.5 Å². The van der Waals surface area contributed by atoms with Crippen LogP contribution in [0.15, 0.2) is 24.3 Å². The lowest BCUT2D eigenvalue weighted by atomic mass is 9.98. The Labute approximate surface area is 239 Å². The highest BCUT2D eigenvalue weighted by molar-refractivity contribution is 7.86. The number of hydrogen-bond donors (Lipinski definition) is 1. The van der Waals surface area contributed by atoms with Crippen molar-refractivity contribution in [1.29, 1.82) is 5.26 Å². The standard InChI is InChI=1S/C25H28FN9O2S3/c1-4-19-22(32(2)23-30-21(20(13-27)38-23)14-5-7-15(26)8-6-14)35-24(29-19)39-25(31-35)34-16-9-10-17(34)12-18(11-16)33(3)40(28,36)37/h5-8,16-18H,4,9-12H2,1-3H3,(H2,28,36,37). The molecule has 15 heteroatoms. The number of hydrogen-bond acceptors (Lipinski definition) is 10. The van der Waals surface area contributed by atoms with Gasteiger partial charge in [0.1, 0.15) is 22.5 Å². The molecule has 0 spiro atoms. The lowest BCUT2D eigenvalue weighted by Crippen LogP contribution is -2.52. The summed E-state index contributed by atoms with van der Waals surface area (Å²) >= 11 is 2.78. The number of aryl methyl sites for hydroxylation is 1. The monoisotopic (exact) mass is 601 g/mol. The number of fused-ring (bicyclic) bond motifs is 3. The maximum absolute atomic E-state index is 13.5. The van der Waals surface area contributed by atoms with Crippen LogP contribution in [0.4, 0.5) is 20.5 Å². The first-order chi connectivity index (χ1) is 19.1. The summed E-state index contributed by atoms with van der Waals surface area (Å²) in [6.07, 6.45) is 4.01. The molecule has 40 heavy (non-hydrogen) atoms. The van der Waals surface area contributed by atoms with Gasteiger partial charge in [-0.05, 0) is 56.4 Å². The fourth-order valence-corrected chi connectivity index (χ4v) is 8.33. The third kappa shape index (κ3) is 4.53. The quantitative estimate of drug-likeness (QED) is 0.337. The van der Waals surface area contributed by atoms with Gasteiger partial charge in [-0.1, -0.05) is 29.6 Å². The van der Waals surface area contributed by atoms with Crippen LogP contribution in [0.2, 0.25) is 0 Å². The first-order valence-corrected chi connectivity index (χ1v) is 16.1. The van der Waals surface area contributed by atoms with Crippen molar-refractivity contribution in [3.8, 4) is 17.3 Å². The predicted octanol–water partition coefficient (Wildman–Crippen LogP) is 3.89. The Balaban J connectivity index is 1.33. The van der Waals surface area contributed by atoms with Gasteiger partial charge in [0, 0.05) is 37.8 Å². The highest BCUT2D eigenvalue weighted by atomic mass is 32.2. The lowest BCUT2D eigenvalue weighted by Gasteiger charge is -2.41. The Morgan fingerprint density at radius 1 is 1.15 bits per heavy atom. The van der Waals surface area contributed by atoms with Crippen molar-refractivity contribution < 1.29 is 12.8 Å². The molecule has 2 saturated heterocycles. The normalized spacial score (nSPS) is 20.9. The van der Waals surface area contributed by atoms with E-state index in [1.54, 1.807) is 19.2 Å². The average Bonchev–Trinajstić information content (AvgIpc) is 3.67. The van der Waals surface area contributed by atoms with E-state index in [-0.39, 0.29) is 23.9 Å². The van der Waals surface area contributed by atoms with Gasteiger partial charge in [0.25, 0.3) is 10.2 Å². The zero-order valence-electron chi connectivity index (χ0n) is 22.2. The molecule has 0 saturated carbocycles. The van der Waals surface area contributed by atoms with Crippen molar-refractivity contribution in [3.63, 3.8) is 0 Å². The van der Waals surface area contributed by atoms with Crippen molar-refractivity contribution >= 4 is 53.9 Å². The molecule has 2 fully saturated rings. The van der Waals surface area contributed by atoms with Crippen LogP contribution < -0.4 is 14.9 Å². The number of piperidine rings is 1. The lowest BCUT2D eigenvalue weighted by molar-refractivity contribution is 0.276. The Kier molecular flexibility index (Phi) is 6.78. The van der Waals surface area contributed by atoms with E-state index in [0.717, 1.165) is 34.4 Å². The molecule has 4 aromatic rings. The molecule has 6 rings (SSSR count). The molecule has 2 bridgehead atoms. The number of benzene rings is 1. The fraction of sp³-hybridized carbons (Fsp3) is 0.440. The van der Waals surface area contributed by atoms with Gasteiger partial charge in [0.2, 0.25) is 10.1 Å². The molecular weight excluding hydrogens is 574 g/mol. The van der Waals surface area contributed by atoms with Crippen molar-refractivity contribution in [2.75, 3.05) is 23.9 Å². The number of anilines is 3. The van der Waals surface area contributed by atoms with Gasteiger partial charge in [-0.3, -0.25) is 0 Å². The number of halogens is 1. The summed E-state index contributed by atoms with van der Waals surface area (Å²) in [6, 6.07) is 8.39. The Bertz CT molecular complexity index is 1710. The number of aromatic nitrogens is 4. The van der Waals surface area contributed by atoms with E-state index >= 15 is 0 Å². The third-order valence-electron chi connectivity index (χ3n) is 7.86. The Hall–Kier alpha value is -3.16. The SMILES string of the molecule is CCc1nc2sc(N3C4CCC3CC(N(C)S(N)(=O)=O)C4)nn2c1N(C)c1nc(-c2ccc(F)cc2)c(C#N)s1. The molecule has 0 aliphatic carbocycles. The van der Waals surface area contributed by atoms with E-state index < -0.39 is 10.2 Å². The molecule has 0 radical (unpaired) electrons. The minimum Gasteiger partial charge on any atom is -0.341 e. The summed E-state index contributed by atoms with van der Waals surface area (Å²) in [5, 5.41) is 21.6. The highest BCUT2D eigenvalue weighted by Gasteiger charge is 2.45. The molecule has 2 unspecified atom stereocenters. The predicted molar refractivity (Wildman–Crippen MR) is 154 cm³/mol. The number of nitriles is 1. The number of rotatable bonds is 7. The number of thiazole rings is 1. The first-order valence-electron chi connectivity index (χ1n) is 12.9. The summed E-state index contributed by atoms with van der Waals surface area (Å²) in [6.45, 7) is 2.03. The van der Waals surface area contributed by atoms with E-state index in [4.69, 9.17) is 20.2 Å². The number of nitrogens with zero attached hydrogens (tertiary/aromatic N) is 8. The molecule has 2 atom stereocenters. The van der Waals surface area contributed by atoms with E-state index in [0.29, 0.717) is 40.5 Å². The average molecular weight is 602 g/mol. The highest BCUT2D eigenvalue weighted by Crippen LogP contribution is 2.44. The molecule has 5 heterocycles. The third-order valence-corrected chi connectivity index (χ3v) is 10.9. The van der Waals surface area contributed by atoms with Crippen molar-refractivity contribution in [2.45, 2.75) is 57.2 Å². The zero-order valence-corrected chi connectivity index (χ0v) is 24.6. The Morgan fingerprint density at radius 2 is 1.82 bits per heavy atom. The molecular formula is C25H28FN9O2S3. The topological polar surface area (TPSA) is 137 Å². The van der Waals surface area contributed by atoms with Gasteiger partial charge in [-0.25, -0.2) is 19.5 Å². The van der Waals surface area contributed by atoms with E-state index in [9.17, 15) is 18.1 Å². The van der Waals surface area contributed by atoms with Crippen LogP contribution in [0, 0.1) is 17.1 Å². The zero-order chi connectivity index (χ0) is 28.3. The van der Waals surface area contributed by atoms with Crippen molar-refractivity contribution in [2.24, 2.45) is 5.14 Å². The van der Waals surface area contributed by atoms with Crippen LogP contribution in [0.25, 0.3) is 16.2 Å². The number of imidazole rings is 1. The summed E-state index contributed by atoms with van der Waals surface area (Å²) in [5.41, 5.74) is 2.04. The molecule has 1 aromatic carbocycles. The molecule has 3 aromatic heterocycles. The van der Waals surface area contributed by atoms with Gasteiger partial charge in [-0.2, -0.15) is 22.5 Å². The maximum atomic E-state index is 13.5. The molecule has 2 N–H and O–H groups in total. The van der Waals surface area contributed by atoms with E-state index in [1.165, 1.54) is 39.1 Å². The van der Waals surface area contributed by atoms with Crippen molar-refractivity contribution in [1.82, 2.24) is 23.9 Å². The van der Waals surface area contributed by atoms with Crippen LogP contribution >= 0.6 is 22.7 Å². The second-order valence-electron chi connectivity index (χ2n) is 10.1. The summed E-state index contributed by atoms with van der Waals surface area (Å²) in [5.74, 6) is 0.428. The summed E-state index contributed by atoms with van der Waals surface area (Å²) < 4.78 is 40.5. The molecule has 210 valence electrons. The largest absolute Gasteiger partial charge is 0.341 e. The second-order valence-corrected chi connectivity index (χ2v) is 13.7. The molecule has 11 nitrogen and oxygen atoms in total. The first kappa shape index (κ1) is 27.0. The molecule has 2 aliphatic heterocycles. The van der Waals surface area contributed by atoms with Crippen LogP contribution in [0.3, 0.4) is 0 Å². The van der Waals surface area contributed by atoms with Crippen LogP contribution in [0.1, 0.15) is 43.2 Å². The summed E-state index contributed by atoms with van der Waals surface area (Å²) in [7, 11) is -0.309. The smallest absolute Gasteiger partial charge is 0.276 e. The number of nitrogens with two attached hydrogens (primary N) is 1. The Morgan fingerprint density at radius 3 is 2.42 bits per heavy atom. The van der Waals surface area contributed by atoms with Crippen LogP contribution in [0.5, 0.6) is 0 Å². The summed E-state index contributed by atoms with van der Waals surface area (Å²) in [4.78, 5) is 15.1. The van der Waals surface area contributed by atoms with Gasteiger partial charge >= 0.3 is 0 Å². The molecule has 2 aliphatic rings. The molecule has 0 amide bonds. The van der Waals surface area contributed by atoms with Crippen molar-refractivity contribution in [3.05, 3.63) is 40.7 Å². The minimum absolute atomic E-state index is 0.129.